The number of carbonyl (C=O) groups excluding carboxylic acids is 2. The van der Waals surface area contributed by atoms with Crippen LogP contribution in [-0.4, -0.2) is 44.9 Å². The number of sulfonamides is 1. The molecule has 0 unspecified atom stereocenters. The smallest absolute Gasteiger partial charge is 0.261 e. The van der Waals surface area contributed by atoms with Crippen molar-refractivity contribution in [1.82, 2.24) is 10.2 Å². The second-order valence-corrected chi connectivity index (χ2v) is 13.9. The number of nitrogens with zero attached hydrogens (tertiary/aromatic N) is 1. The first-order chi connectivity index (χ1) is 24.5. The normalized spacial score (nSPS) is 11.7. The molecule has 0 aromatic heterocycles. The van der Waals surface area contributed by atoms with Crippen molar-refractivity contribution < 1.29 is 31.9 Å². The van der Waals surface area contributed by atoms with Crippen molar-refractivity contribution in [2.75, 3.05) is 18.4 Å². The number of carbonyl (C=O) groups is 2. The molecule has 0 heterocycles. The fourth-order valence-corrected chi connectivity index (χ4v) is 6.66. The van der Waals surface area contributed by atoms with Crippen LogP contribution in [0.15, 0.2) is 126 Å². The van der Waals surface area contributed by atoms with Crippen molar-refractivity contribution in [1.29, 1.82) is 0 Å². The average molecular weight is 751 g/mol. The van der Waals surface area contributed by atoms with Gasteiger partial charge in [0, 0.05) is 35.2 Å². The van der Waals surface area contributed by atoms with E-state index < -0.39 is 40.3 Å². The van der Waals surface area contributed by atoms with Gasteiger partial charge in [0.05, 0.1) is 12.0 Å². The van der Waals surface area contributed by atoms with Gasteiger partial charge in [0.2, 0.25) is 5.91 Å². The molecule has 51 heavy (non-hydrogen) atoms. The lowest BCUT2D eigenvalue weighted by Gasteiger charge is -2.31. The van der Waals surface area contributed by atoms with Gasteiger partial charge in [-0.1, -0.05) is 71.7 Å². The molecule has 5 aromatic rings. The Bertz CT molecular complexity index is 2050. The van der Waals surface area contributed by atoms with Crippen LogP contribution in [0.5, 0.6) is 11.5 Å². The first-order valence-electron chi connectivity index (χ1n) is 15.7. The minimum absolute atomic E-state index is 0.0629. The van der Waals surface area contributed by atoms with E-state index in [1.54, 1.807) is 37.4 Å². The summed E-state index contributed by atoms with van der Waals surface area (Å²) >= 11 is 12.4. The van der Waals surface area contributed by atoms with Crippen LogP contribution >= 0.6 is 23.2 Å². The van der Waals surface area contributed by atoms with E-state index in [0.29, 0.717) is 21.4 Å². The number of anilines is 1. The van der Waals surface area contributed by atoms with Crippen molar-refractivity contribution in [3.63, 3.8) is 0 Å². The highest BCUT2D eigenvalue weighted by atomic mass is 35.5. The van der Waals surface area contributed by atoms with E-state index >= 15 is 0 Å². The van der Waals surface area contributed by atoms with Crippen LogP contribution in [-0.2, 0) is 39.1 Å². The molecule has 0 spiro atoms. The first kappa shape index (κ1) is 37.2. The molecule has 5 rings (SSSR count). The quantitative estimate of drug-likeness (QED) is 0.116. The lowest BCUT2D eigenvalue weighted by atomic mass is 10.0. The summed E-state index contributed by atoms with van der Waals surface area (Å²) < 4.78 is 52.5. The van der Waals surface area contributed by atoms with E-state index in [0.717, 1.165) is 23.3 Å². The van der Waals surface area contributed by atoms with E-state index in [2.05, 4.69) is 10.0 Å². The van der Waals surface area contributed by atoms with Crippen molar-refractivity contribution >= 4 is 50.7 Å². The molecular formula is C38H34Cl2FN3O6S. The number of ether oxygens (including phenoxy) is 2. The number of benzene rings is 5. The summed E-state index contributed by atoms with van der Waals surface area (Å²) in [4.78, 5) is 29.4. The third-order valence-corrected chi connectivity index (χ3v) is 9.83. The Morgan fingerprint density at radius 1 is 0.824 bits per heavy atom. The Hall–Kier alpha value is -5.10. The van der Waals surface area contributed by atoms with E-state index in [1.165, 1.54) is 41.3 Å². The maximum absolute atomic E-state index is 14.0. The van der Waals surface area contributed by atoms with Crippen LogP contribution in [0.1, 0.15) is 16.7 Å². The topological polar surface area (TPSA) is 114 Å². The van der Waals surface area contributed by atoms with Crippen molar-refractivity contribution in [3.05, 3.63) is 154 Å². The molecular weight excluding hydrogens is 716 g/mol. The third kappa shape index (κ3) is 10.5. The Morgan fingerprint density at radius 3 is 2.14 bits per heavy atom. The molecule has 0 saturated carbocycles. The second-order valence-electron chi connectivity index (χ2n) is 11.4. The lowest BCUT2D eigenvalue weighted by Crippen LogP contribution is -2.51. The summed E-state index contributed by atoms with van der Waals surface area (Å²) in [5.41, 5.74) is 2.44. The van der Waals surface area contributed by atoms with Gasteiger partial charge in [0.1, 0.15) is 23.4 Å². The van der Waals surface area contributed by atoms with Crippen LogP contribution in [0.25, 0.3) is 0 Å². The highest BCUT2D eigenvalue weighted by Crippen LogP contribution is 2.23. The molecule has 9 nitrogen and oxygen atoms in total. The number of hydrogen-bond acceptors (Lipinski definition) is 6. The first-order valence-corrected chi connectivity index (χ1v) is 17.9. The van der Waals surface area contributed by atoms with Crippen molar-refractivity contribution in [2.24, 2.45) is 0 Å². The molecule has 5 aromatic carbocycles. The number of halogens is 3. The molecule has 2 amide bonds. The molecule has 0 saturated heterocycles. The largest absolute Gasteiger partial charge is 0.497 e. The Labute approximate surface area is 306 Å². The zero-order chi connectivity index (χ0) is 36.4. The Kier molecular flexibility index (Phi) is 12.5. The molecule has 0 bridgehead atoms. The van der Waals surface area contributed by atoms with E-state index in [-0.39, 0.29) is 35.8 Å². The zero-order valence-corrected chi connectivity index (χ0v) is 29.7. The minimum atomic E-state index is -3.98. The fourth-order valence-electron chi connectivity index (χ4n) is 5.12. The van der Waals surface area contributed by atoms with E-state index in [1.807, 2.05) is 42.5 Å². The van der Waals surface area contributed by atoms with Crippen LogP contribution in [0.3, 0.4) is 0 Å². The summed E-state index contributed by atoms with van der Waals surface area (Å²) in [6, 6.07) is 30.9. The van der Waals surface area contributed by atoms with Gasteiger partial charge >= 0.3 is 0 Å². The molecule has 0 fully saturated rings. The van der Waals surface area contributed by atoms with Gasteiger partial charge < -0.3 is 19.7 Å². The number of rotatable bonds is 15. The summed E-state index contributed by atoms with van der Waals surface area (Å²) in [5, 5.41) is 3.79. The van der Waals surface area contributed by atoms with Gasteiger partial charge in [-0.05, 0) is 89.5 Å². The predicted octanol–water partition coefficient (Wildman–Crippen LogP) is 7.28. The van der Waals surface area contributed by atoms with Crippen molar-refractivity contribution in [3.8, 4) is 11.5 Å². The number of methoxy groups -OCH3 is 1. The van der Waals surface area contributed by atoms with Crippen LogP contribution in [0, 0.1) is 5.82 Å². The third-order valence-electron chi connectivity index (χ3n) is 7.84. The maximum atomic E-state index is 14.0. The van der Waals surface area contributed by atoms with Gasteiger partial charge in [0.25, 0.3) is 15.9 Å². The van der Waals surface area contributed by atoms with Gasteiger partial charge in [-0.25, -0.2) is 12.8 Å². The molecule has 2 N–H and O–H groups in total. The van der Waals surface area contributed by atoms with Gasteiger partial charge in [0.15, 0.2) is 6.61 Å². The molecule has 0 aliphatic heterocycles. The molecule has 0 aliphatic carbocycles. The van der Waals surface area contributed by atoms with Crippen molar-refractivity contribution in [2.45, 2.75) is 30.4 Å². The molecule has 0 radical (unpaired) electrons. The number of hydrogen-bond donors (Lipinski definition) is 2. The van der Waals surface area contributed by atoms with Gasteiger partial charge in [-0.3, -0.25) is 14.3 Å². The van der Waals surface area contributed by atoms with Crippen LogP contribution < -0.4 is 19.5 Å². The number of amides is 2. The SMILES string of the molecule is COc1ccc(CN(C(=O)COc2ccc(S(=O)(=O)Nc3ccc(F)cc3)cc2)[C@@H](Cc2ccccc2)C(=O)NCc2ccc(Cl)cc2Cl)cc1. The average Bonchev–Trinajstić information content (AvgIpc) is 3.13. The fraction of sp³-hybridized carbons (Fsp3) is 0.158. The zero-order valence-electron chi connectivity index (χ0n) is 27.4. The highest BCUT2D eigenvalue weighted by molar-refractivity contribution is 7.92. The number of nitrogens with one attached hydrogen (secondary N) is 2. The maximum Gasteiger partial charge on any atom is 0.261 e. The van der Waals surface area contributed by atoms with Gasteiger partial charge in [-0.2, -0.15) is 0 Å². The predicted molar refractivity (Wildman–Crippen MR) is 195 cm³/mol. The summed E-state index contributed by atoms with van der Waals surface area (Å²) in [6.07, 6.45) is 0.205. The molecule has 1 atom stereocenters. The Morgan fingerprint density at radius 2 is 1.49 bits per heavy atom. The van der Waals surface area contributed by atoms with E-state index in [4.69, 9.17) is 32.7 Å². The van der Waals surface area contributed by atoms with Gasteiger partial charge in [-0.15, -0.1) is 0 Å². The second kappa shape index (κ2) is 17.2. The monoisotopic (exact) mass is 749 g/mol. The summed E-state index contributed by atoms with van der Waals surface area (Å²) in [5.74, 6) is -0.519. The van der Waals surface area contributed by atoms with Crippen LogP contribution in [0.2, 0.25) is 10.0 Å². The Balaban J connectivity index is 1.36. The summed E-state index contributed by atoms with van der Waals surface area (Å²) in [7, 11) is -2.42. The molecule has 264 valence electrons. The van der Waals surface area contributed by atoms with E-state index in [9.17, 15) is 22.4 Å². The standard InChI is InChI=1S/C38H34Cl2FN3O6S/c1-49-32-15-7-27(8-16-32)24-44(36(21-26-5-3-2-4-6-26)38(46)42-23-28-9-10-29(39)22-35(28)40)37(45)25-50-33-17-19-34(20-18-33)51(47,48)43-31-13-11-30(41)12-14-31/h2-20,22,36,43H,21,23-25H2,1H3,(H,42,46)/t36-/m0/s1. The lowest BCUT2D eigenvalue weighted by molar-refractivity contribution is -0.142. The van der Waals surface area contributed by atoms with Crippen LogP contribution in [0.4, 0.5) is 10.1 Å². The molecule has 0 aliphatic rings. The minimum Gasteiger partial charge on any atom is -0.497 e. The molecule has 13 heteroatoms. The highest BCUT2D eigenvalue weighted by Gasteiger charge is 2.31. The summed E-state index contributed by atoms with van der Waals surface area (Å²) in [6.45, 7) is -0.269.